The normalized spacial score (nSPS) is 12.5. The van der Waals surface area contributed by atoms with Gasteiger partial charge in [-0.05, 0) is 17.7 Å². The summed E-state index contributed by atoms with van der Waals surface area (Å²) in [6, 6.07) is 12.9. The van der Waals surface area contributed by atoms with Crippen LogP contribution in [0.5, 0.6) is 0 Å². The molecule has 0 aliphatic carbocycles. The predicted molar refractivity (Wildman–Crippen MR) is 119 cm³/mol. The Morgan fingerprint density at radius 1 is 1.06 bits per heavy atom. The molecule has 33 heavy (non-hydrogen) atoms. The Labute approximate surface area is 186 Å². The standard InChI is InChI=1S/C23H19F2N7O/c24-22(25)32-12-15(10-29-32)14-6-17-18(11-28-21(17)27-9-14)19-7-16(30-23(26)31-19)8-20(33)13-4-2-1-3-5-13/h1-7,9-12,20,22,33H,8H2,(H,27,28)(H2,26,30,31). The van der Waals surface area contributed by atoms with Crippen molar-refractivity contribution >= 4 is 17.0 Å². The third-order valence-corrected chi connectivity index (χ3v) is 5.33. The molecule has 0 aliphatic heterocycles. The lowest BCUT2D eigenvalue weighted by Crippen LogP contribution is -2.06. The summed E-state index contributed by atoms with van der Waals surface area (Å²) in [5, 5.41) is 15.0. The van der Waals surface area contributed by atoms with Gasteiger partial charge in [0.15, 0.2) is 0 Å². The summed E-state index contributed by atoms with van der Waals surface area (Å²) in [6.45, 7) is -2.72. The molecule has 0 radical (unpaired) electrons. The number of hydrogen-bond donors (Lipinski definition) is 3. The topological polar surface area (TPSA) is 119 Å². The Morgan fingerprint density at radius 3 is 2.64 bits per heavy atom. The zero-order valence-electron chi connectivity index (χ0n) is 17.2. The molecule has 5 rings (SSSR count). The summed E-state index contributed by atoms with van der Waals surface area (Å²) in [4.78, 5) is 16.1. The van der Waals surface area contributed by atoms with Crippen LogP contribution in [-0.2, 0) is 6.42 Å². The van der Waals surface area contributed by atoms with Crippen LogP contribution in [-0.4, -0.2) is 34.8 Å². The number of hydrogen-bond acceptors (Lipinski definition) is 6. The van der Waals surface area contributed by atoms with Gasteiger partial charge in [0.2, 0.25) is 5.95 Å². The molecule has 1 aromatic carbocycles. The lowest BCUT2D eigenvalue weighted by atomic mass is 10.0. The molecule has 8 nitrogen and oxygen atoms in total. The molecule has 10 heteroatoms. The highest BCUT2D eigenvalue weighted by molar-refractivity contribution is 5.95. The van der Waals surface area contributed by atoms with E-state index < -0.39 is 12.7 Å². The van der Waals surface area contributed by atoms with Gasteiger partial charge in [0.05, 0.1) is 18.0 Å². The van der Waals surface area contributed by atoms with E-state index in [1.807, 2.05) is 36.4 Å². The third kappa shape index (κ3) is 4.15. The maximum Gasteiger partial charge on any atom is 0.333 e. The van der Waals surface area contributed by atoms with E-state index in [1.54, 1.807) is 18.5 Å². The largest absolute Gasteiger partial charge is 0.388 e. The number of nitrogens with two attached hydrogens (primary N) is 1. The molecule has 0 fully saturated rings. The van der Waals surface area contributed by atoms with Crippen LogP contribution >= 0.6 is 0 Å². The Balaban J connectivity index is 1.51. The van der Waals surface area contributed by atoms with Gasteiger partial charge in [-0.15, -0.1) is 0 Å². The van der Waals surface area contributed by atoms with E-state index in [0.29, 0.717) is 32.8 Å². The number of anilines is 1. The number of nitrogens with zero attached hydrogens (tertiary/aromatic N) is 5. The number of aliphatic hydroxyl groups is 1. The number of fused-ring (bicyclic) bond motifs is 1. The molecule has 1 atom stereocenters. The summed E-state index contributed by atoms with van der Waals surface area (Å²) < 4.78 is 26.4. The van der Waals surface area contributed by atoms with Gasteiger partial charge in [0.25, 0.3) is 0 Å². The first-order valence-electron chi connectivity index (χ1n) is 10.1. The van der Waals surface area contributed by atoms with E-state index >= 15 is 0 Å². The highest BCUT2D eigenvalue weighted by Crippen LogP contribution is 2.31. The number of pyridine rings is 1. The number of H-pyrrole nitrogens is 1. The number of nitrogens with one attached hydrogen (secondary N) is 1. The highest BCUT2D eigenvalue weighted by atomic mass is 19.3. The van der Waals surface area contributed by atoms with Crippen molar-refractivity contribution in [2.45, 2.75) is 19.1 Å². The van der Waals surface area contributed by atoms with E-state index in [0.717, 1.165) is 16.5 Å². The molecule has 0 amide bonds. The Hall–Kier alpha value is -4.18. The molecule has 166 valence electrons. The number of nitrogen functional groups attached to an aromatic ring is 1. The molecular formula is C23H19F2N7O. The lowest BCUT2D eigenvalue weighted by Gasteiger charge is -2.11. The second kappa shape index (κ2) is 8.40. The lowest BCUT2D eigenvalue weighted by molar-refractivity contribution is 0.0566. The van der Waals surface area contributed by atoms with Gasteiger partial charge < -0.3 is 15.8 Å². The summed E-state index contributed by atoms with van der Waals surface area (Å²) in [7, 11) is 0. The van der Waals surface area contributed by atoms with Gasteiger partial charge in [-0.25, -0.2) is 19.6 Å². The van der Waals surface area contributed by atoms with Gasteiger partial charge in [0.1, 0.15) is 5.65 Å². The van der Waals surface area contributed by atoms with E-state index in [-0.39, 0.29) is 12.4 Å². The molecule has 4 aromatic heterocycles. The summed E-state index contributed by atoms with van der Waals surface area (Å²) in [6.07, 6.45) is 5.51. The number of benzene rings is 1. The number of rotatable bonds is 6. The van der Waals surface area contributed by atoms with Crippen molar-refractivity contribution < 1.29 is 13.9 Å². The van der Waals surface area contributed by atoms with E-state index in [9.17, 15) is 13.9 Å². The van der Waals surface area contributed by atoms with E-state index in [2.05, 4.69) is 25.0 Å². The van der Waals surface area contributed by atoms with Crippen LogP contribution in [0.1, 0.15) is 23.9 Å². The van der Waals surface area contributed by atoms with Crippen LogP contribution < -0.4 is 5.73 Å². The zero-order chi connectivity index (χ0) is 22.9. The van der Waals surface area contributed by atoms with Gasteiger partial charge >= 0.3 is 6.55 Å². The van der Waals surface area contributed by atoms with Crippen LogP contribution in [0.2, 0.25) is 0 Å². The third-order valence-electron chi connectivity index (χ3n) is 5.33. The molecule has 0 saturated heterocycles. The molecule has 0 bridgehead atoms. The van der Waals surface area contributed by atoms with Gasteiger partial charge in [-0.1, -0.05) is 30.3 Å². The first kappa shape index (κ1) is 20.7. The number of aromatic amines is 1. The molecule has 4 heterocycles. The quantitative estimate of drug-likeness (QED) is 0.360. The zero-order valence-corrected chi connectivity index (χ0v) is 17.2. The fourth-order valence-electron chi connectivity index (χ4n) is 3.72. The fraction of sp³-hybridized carbons (Fsp3) is 0.130. The Kier molecular flexibility index (Phi) is 5.27. The predicted octanol–water partition coefficient (Wildman–Crippen LogP) is 4.14. The maximum absolute atomic E-state index is 12.9. The molecule has 0 saturated carbocycles. The van der Waals surface area contributed by atoms with Crippen molar-refractivity contribution in [1.82, 2.24) is 29.7 Å². The number of alkyl halides is 2. The van der Waals surface area contributed by atoms with Gasteiger partial charge in [-0.2, -0.15) is 13.9 Å². The average Bonchev–Trinajstić information content (AvgIpc) is 3.46. The molecule has 0 aliphatic rings. The van der Waals surface area contributed by atoms with E-state index in [1.165, 1.54) is 12.4 Å². The van der Waals surface area contributed by atoms with Crippen LogP contribution in [0.25, 0.3) is 33.4 Å². The first-order valence-corrected chi connectivity index (χ1v) is 10.1. The average molecular weight is 447 g/mol. The minimum atomic E-state index is -2.72. The van der Waals surface area contributed by atoms with Crippen molar-refractivity contribution in [2.75, 3.05) is 5.73 Å². The van der Waals surface area contributed by atoms with Crippen LogP contribution in [0.4, 0.5) is 14.7 Å². The van der Waals surface area contributed by atoms with Crippen molar-refractivity contribution in [3.05, 3.63) is 78.5 Å². The van der Waals surface area contributed by atoms with Gasteiger partial charge in [-0.3, -0.25) is 0 Å². The minimum Gasteiger partial charge on any atom is -0.388 e. The number of halogens is 2. The first-order chi connectivity index (χ1) is 16.0. The van der Waals surface area contributed by atoms with Crippen molar-refractivity contribution in [2.24, 2.45) is 0 Å². The molecule has 5 aromatic rings. The van der Waals surface area contributed by atoms with Crippen LogP contribution in [0, 0.1) is 0 Å². The number of aromatic nitrogens is 6. The molecule has 4 N–H and O–H groups in total. The van der Waals surface area contributed by atoms with Crippen molar-refractivity contribution in [1.29, 1.82) is 0 Å². The van der Waals surface area contributed by atoms with Crippen molar-refractivity contribution in [3.63, 3.8) is 0 Å². The Morgan fingerprint density at radius 2 is 1.88 bits per heavy atom. The second-order valence-corrected chi connectivity index (χ2v) is 7.54. The number of aliphatic hydroxyl groups excluding tert-OH is 1. The summed E-state index contributed by atoms with van der Waals surface area (Å²) >= 11 is 0. The Bertz CT molecular complexity index is 1420. The highest BCUT2D eigenvalue weighted by Gasteiger charge is 2.16. The second-order valence-electron chi connectivity index (χ2n) is 7.54. The van der Waals surface area contributed by atoms with E-state index in [4.69, 9.17) is 5.73 Å². The maximum atomic E-state index is 12.9. The van der Waals surface area contributed by atoms with Crippen LogP contribution in [0.15, 0.2) is 67.3 Å². The molecule has 1 unspecified atom stereocenters. The summed E-state index contributed by atoms with van der Waals surface area (Å²) in [5.41, 5.74) is 10.4. The fourth-order valence-corrected chi connectivity index (χ4v) is 3.72. The molecular weight excluding hydrogens is 428 g/mol. The summed E-state index contributed by atoms with van der Waals surface area (Å²) in [5.74, 6) is 0.0828. The smallest absolute Gasteiger partial charge is 0.333 e. The van der Waals surface area contributed by atoms with Crippen LogP contribution in [0.3, 0.4) is 0 Å². The SMILES string of the molecule is Nc1nc(CC(O)c2ccccc2)cc(-c2c[nH]c3ncc(-c4cnn(C(F)F)c4)cc23)n1. The van der Waals surface area contributed by atoms with Gasteiger partial charge in [0, 0.05) is 52.8 Å². The monoisotopic (exact) mass is 447 g/mol. The molecule has 0 spiro atoms. The van der Waals surface area contributed by atoms with Crippen molar-refractivity contribution in [3.8, 4) is 22.4 Å². The minimum absolute atomic E-state index is 0.0828.